The van der Waals surface area contributed by atoms with Gasteiger partial charge in [-0.3, -0.25) is 4.79 Å². The van der Waals surface area contributed by atoms with Crippen LogP contribution in [0.4, 0.5) is 17.1 Å². The van der Waals surface area contributed by atoms with Gasteiger partial charge in [-0.2, -0.15) is 0 Å². The molecule has 0 fully saturated rings. The number of aliphatic imine (C=N–C) groups is 1. The second kappa shape index (κ2) is 9.73. The van der Waals surface area contributed by atoms with Gasteiger partial charge in [0.25, 0.3) is 5.91 Å². The van der Waals surface area contributed by atoms with Crippen molar-refractivity contribution < 1.29 is 9.53 Å². The molecule has 0 saturated heterocycles. The molecular formula is C21H27N3O2. The molecule has 1 amide bonds. The first-order valence-corrected chi connectivity index (χ1v) is 8.87. The molecule has 2 rings (SSSR count). The van der Waals surface area contributed by atoms with E-state index in [1.165, 1.54) is 0 Å². The Morgan fingerprint density at radius 3 is 2.38 bits per heavy atom. The molecule has 0 saturated carbocycles. The van der Waals surface area contributed by atoms with E-state index in [4.69, 9.17) is 4.74 Å². The molecule has 0 aliphatic carbocycles. The number of nitrogens with zero attached hydrogens (tertiary/aromatic N) is 2. The van der Waals surface area contributed by atoms with Crippen LogP contribution < -0.4 is 10.2 Å². The van der Waals surface area contributed by atoms with E-state index in [9.17, 15) is 4.79 Å². The van der Waals surface area contributed by atoms with Crippen LogP contribution in [-0.4, -0.2) is 38.4 Å². The van der Waals surface area contributed by atoms with Gasteiger partial charge in [-0.15, -0.1) is 0 Å². The van der Waals surface area contributed by atoms with Crippen molar-refractivity contribution in [3.8, 4) is 0 Å². The average molecular weight is 353 g/mol. The van der Waals surface area contributed by atoms with Gasteiger partial charge in [-0.05, 0) is 56.7 Å². The number of ether oxygens (including phenoxy) is 1. The molecule has 0 heterocycles. The summed E-state index contributed by atoms with van der Waals surface area (Å²) in [5.74, 6) is -0.259. The molecule has 1 N–H and O–H groups in total. The molecule has 5 nitrogen and oxygen atoms in total. The molecule has 0 aliphatic heterocycles. The first-order chi connectivity index (χ1) is 12.6. The minimum atomic E-state index is -0.259. The molecule has 0 spiro atoms. The summed E-state index contributed by atoms with van der Waals surface area (Å²) in [6.07, 6.45) is 0. The first kappa shape index (κ1) is 19.7. The number of rotatable bonds is 8. The second-order valence-corrected chi connectivity index (χ2v) is 5.95. The van der Waals surface area contributed by atoms with E-state index in [1.54, 1.807) is 7.11 Å². The summed E-state index contributed by atoms with van der Waals surface area (Å²) >= 11 is 0. The Morgan fingerprint density at radius 2 is 1.81 bits per heavy atom. The quantitative estimate of drug-likeness (QED) is 0.724. The number of carbonyl (C=O) groups is 1. The van der Waals surface area contributed by atoms with Crippen molar-refractivity contribution in [2.24, 2.45) is 4.99 Å². The van der Waals surface area contributed by atoms with E-state index in [0.717, 1.165) is 35.7 Å². The van der Waals surface area contributed by atoms with E-state index in [1.807, 2.05) is 49.4 Å². The van der Waals surface area contributed by atoms with Gasteiger partial charge in [0.05, 0.1) is 12.3 Å². The van der Waals surface area contributed by atoms with E-state index in [0.29, 0.717) is 5.71 Å². The Labute approximate surface area is 155 Å². The van der Waals surface area contributed by atoms with Crippen LogP contribution >= 0.6 is 0 Å². The lowest BCUT2D eigenvalue weighted by Crippen LogP contribution is -2.26. The third kappa shape index (κ3) is 5.17. The number of benzene rings is 2. The fourth-order valence-electron chi connectivity index (χ4n) is 2.71. The third-order valence-corrected chi connectivity index (χ3v) is 4.14. The second-order valence-electron chi connectivity index (χ2n) is 5.95. The van der Waals surface area contributed by atoms with Crippen molar-refractivity contribution in [3.05, 3.63) is 54.1 Å². The molecule has 26 heavy (non-hydrogen) atoms. The number of hydrogen-bond donors (Lipinski definition) is 1. The number of methoxy groups -OCH3 is 1. The molecule has 0 unspecified atom stereocenters. The summed E-state index contributed by atoms with van der Waals surface area (Å²) in [6.45, 7) is 8.33. The van der Waals surface area contributed by atoms with Crippen LogP contribution in [0.5, 0.6) is 0 Å². The van der Waals surface area contributed by atoms with Crippen molar-refractivity contribution in [3.63, 3.8) is 0 Å². The predicted octanol–water partition coefficient (Wildman–Crippen LogP) is 4.20. The smallest absolute Gasteiger partial charge is 0.272 e. The van der Waals surface area contributed by atoms with Crippen LogP contribution in [-0.2, 0) is 9.53 Å². The van der Waals surface area contributed by atoms with E-state index >= 15 is 0 Å². The highest BCUT2D eigenvalue weighted by molar-refractivity contribution is 6.44. The van der Waals surface area contributed by atoms with E-state index in [-0.39, 0.29) is 12.5 Å². The maximum atomic E-state index is 12.6. The summed E-state index contributed by atoms with van der Waals surface area (Å²) in [6, 6.07) is 15.4. The number of amides is 1. The largest absolute Gasteiger partial charge is 0.378 e. The molecule has 0 atom stereocenters. The summed E-state index contributed by atoms with van der Waals surface area (Å²) in [7, 11) is 1.56. The van der Waals surface area contributed by atoms with Crippen LogP contribution in [0, 0.1) is 6.92 Å². The zero-order valence-electron chi connectivity index (χ0n) is 16.0. The van der Waals surface area contributed by atoms with Crippen molar-refractivity contribution in [2.45, 2.75) is 20.8 Å². The first-order valence-electron chi connectivity index (χ1n) is 8.87. The Morgan fingerprint density at radius 1 is 1.12 bits per heavy atom. The molecule has 2 aromatic rings. The lowest BCUT2D eigenvalue weighted by molar-refractivity contribution is -0.110. The summed E-state index contributed by atoms with van der Waals surface area (Å²) < 4.78 is 5.17. The normalized spacial score (nSPS) is 11.3. The fourth-order valence-corrected chi connectivity index (χ4v) is 2.71. The number of nitrogens with one attached hydrogen (secondary N) is 1. The van der Waals surface area contributed by atoms with Crippen molar-refractivity contribution in [1.82, 2.24) is 0 Å². The Balaban J connectivity index is 2.26. The number of para-hydroxylation sites is 1. The summed E-state index contributed by atoms with van der Waals surface area (Å²) in [5.41, 5.74) is 4.03. The van der Waals surface area contributed by atoms with Gasteiger partial charge in [-0.1, -0.05) is 18.2 Å². The number of anilines is 2. The minimum Gasteiger partial charge on any atom is -0.378 e. The Hall–Kier alpha value is -2.66. The van der Waals surface area contributed by atoms with Gasteiger partial charge in [0.1, 0.15) is 5.71 Å². The van der Waals surface area contributed by atoms with Gasteiger partial charge >= 0.3 is 0 Å². The van der Waals surface area contributed by atoms with Crippen LogP contribution in [0.15, 0.2) is 53.5 Å². The Kier molecular flexibility index (Phi) is 7.36. The van der Waals surface area contributed by atoms with Crippen LogP contribution in [0.2, 0.25) is 0 Å². The number of carbonyl (C=O) groups excluding carboxylic acids is 1. The summed E-state index contributed by atoms with van der Waals surface area (Å²) in [4.78, 5) is 19.4. The van der Waals surface area contributed by atoms with Gasteiger partial charge < -0.3 is 15.0 Å². The summed E-state index contributed by atoms with van der Waals surface area (Å²) in [5, 5.41) is 2.86. The zero-order chi connectivity index (χ0) is 18.9. The van der Waals surface area contributed by atoms with Crippen molar-refractivity contribution in [2.75, 3.05) is 37.0 Å². The fraction of sp³-hybridized carbons (Fsp3) is 0.333. The Bertz CT molecular complexity index is 753. The highest BCUT2D eigenvalue weighted by Gasteiger charge is 2.13. The van der Waals surface area contributed by atoms with Crippen LogP contribution in [0.3, 0.4) is 0 Å². The van der Waals surface area contributed by atoms with Gasteiger partial charge in [-0.25, -0.2) is 4.99 Å². The van der Waals surface area contributed by atoms with Crippen molar-refractivity contribution >= 4 is 28.7 Å². The van der Waals surface area contributed by atoms with Crippen LogP contribution in [0.1, 0.15) is 19.4 Å². The molecule has 0 radical (unpaired) electrons. The van der Waals surface area contributed by atoms with Crippen molar-refractivity contribution in [1.29, 1.82) is 0 Å². The SMILES string of the molecule is CCN(CC)c1ccc(N=C(COC)C(=O)Nc2ccccc2)c(C)c1. The van der Waals surface area contributed by atoms with Gasteiger partial charge in [0.2, 0.25) is 0 Å². The van der Waals surface area contributed by atoms with Gasteiger partial charge in [0, 0.05) is 31.6 Å². The maximum Gasteiger partial charge on any atom is 0.272 e. The lowest BCUT2D eigenvalue weighted by atomic mass is 10.1. The molecule has 5 heteroatoms. The number of hydrogen-bond acceptors (Lipinski definition) is 4. The molecule has 0 aromatic heterocycles. The third-order valence-electron chi connectivity index (χ3n) is 4.14. The predicted molar refractivity (Wildman–Crippen MR) is 109 cm³/mol. The minimum absolute atomic E-state index is 0.149. The van der Waals surface area contributed by atoms with Crippen LogP contribution in [0.25, 0.3) is 0 Å². The lowest BCUT2D eigenvalue weighted by Gasteiger charge is -2.21. The highest BCUT2D eigenvalue weighted by atomic mass is 16.5. The molecule has 0 aliphatic rings. The van der Waals surface area contributed by atoms with E-state index in [2.05, 4.69) is 35.1 Å². The standard InChI is InChI=1S/C21H27N3O2/c1-5-24(6-2)18-12-13-19(16(3)14-18)23-20(15-26-4)21(25)22-17-10-8-7-9-11-17/h7-14H,5-6,15H2,1-4H3,(H,22,25). The highest BCUT2D eigenvalue weighted by Crippen LogP contribution is 2.25. The van der Waals surface area contributed by atoms with E-state index < -0.39 is 0 Å². The zero-order valence-corrected chi connectivity index (χ0v) is 16.0. The molecule has 2 aromatic carbocycles. The monoisotopic (exact) mass is 353 g/mol. The topological polar surface area (TPSA) is 53.9 Å². The molecule has 0 bridgehead atoms. The average Bonchev–Trinajstić information content (AvgIpc) is 2.65. The van der Waals surface area contributed by atoms with Gasteiger partial charge in [0.15, 0.2) is 0 Å². The molecular weight excluding hydrogens is 326 g/mol. The number of aryl methyl sites for hydroxylation is 1. The molecule has 138 valence electrons. The maximum absolute atomic E-state index is 12.6.